The van der Waals surface area contributed by atoms with E-state index in [1.807, 2.05) is 0 Å². The van der Waals surface area contributed by atoms with Gasteiger partial charge in [-0.2, -0.15) is 0 Å². The number of rotatable bonds is 5. The normalized spacial score (nSPS) is 14.5. The molecule has 3 N–H and O–H groups in total. The molecule has 0 aliphatic rings. The Bertz CT molecular complexity index is 515. The van der Waals surface area contributed by atoms with Gasteiger partial charge in [0.1, 0.15) is 5.82 Å². The van der Waals surface area contributed by atoms with E-state index in [4.69, 9.17) is 5.84 Å². The van der Waals surface area contributed by atoms with Crippen molar-refractivity contribution in [2.45, 2.75) is 31.1 Å². The fourth-order valence-electron chi connectivity index (χ4n) is 1.65. The summed E-state index contributed by atoms with van der Waals surface area (Å²) in [6.45, 7) is 3.15. The van der Waals surface area contributed by atoms with E-state index in [0.29, 0.717) is 5.56 Å². The molecule has 0 aliphatic heterocycles. The number of hydrogen-bond donors (Lipinski definition) is 2. The van der Waals surface area contributed by atoms with Crippen LogP contribution in [-0.4, -0.2) is 25.5 Å². The van der Waals surface area contributed by atoms with Gasteiger partial charge in [-0.25, -0.2) is 12.8 Å². The third-order valence-corrected chi connectivity index (χ3v) is 5.57. The van der Waals surface area contributed by atoms with Crippen molar-refractivity contribution in [1.29, 1.82) is 0 Å². The van der Waals surface area contributed by atoms with Crippen molar-refractivity contribution in [3.63, 3.8) is 0 Å². The van der Waals surface area contributed by atoms with Gasteiger partial charge < -0.3 is 0 Å². The van der Waals surface area contributed by atoms with Crippen LogP contribution in [-0.2, 0) is 16.3 Å². The summed E-state index contributed by atoms with van der Waals surface area (Å²) < 4.78 is 36.0. The van der Waals surface area contributed by atoms with Crippen LogP contribution in [0.15, 0.2) is 24.3 Å². The monoisotopic (exact) mass is 274 g/mol. The lowest BCUT2D eigenvalue weighted by Gasteiger charge is -2.32. The molecule has 0 heterocycles. The molecule has 0 aliphatic carbocycles. The standard InChI is InChI=1S/C12H19FN2O2S/c1-12(2,18(3,16)17)11(15-14)8-9-6-4-5-7-10(9)13/h4-7,11,15H,8,14H2,1-3H3. The van der Waals surface area contributed by atoms with Gasteiger partial charge >= 0.3 is 0 Å². The van der Waals surface area contributed by atoms with Crippen LogP contribution in [0.25, 0.3) is 0 Å². The molecule has 0 amide bonds. The van der Waals surface area contributed by atoms with Crippen LogP contribution >= 0.6 is 0 Å². The Morgan fingerprint density at radius 1 is 1.39 bits per heavy atom. The molecular weight excluding hydrogens is 255 g/mol. The number of hydrogen-bond acceptors (Lipinski definition) is 4. The van der Waals surface area contributed by atoms with Gasteiger partial charge in [-0.15, -0.1) is 0 Å². The lowest BCUT2D eigenvalue weighted by Crippen LogP contribution is -2.55. The Labute approximate surface area is 107 Å². The molecule has 0 radical (unpaired) electrons. The van der Waals surface area contributed by atoms with Crippen LogP contribution < -0.4 is 11.3 Å². The second-order valence-corrected chi connectivity index (χ2v) is 7.49. The first-order valence-electron chi connectivity index (χ1n) is 5.59. The molecule has 0 bridgehead atoms. The lowest BCUT2D eigenvalue weighted by molar-refractivity contribution is 0.408. The molecule has 102 valence electrons. The molecule has 1 aromatic rings. The molecule has 0 saturated heterocycles. The van der Waals surface area contributed by atoms with Crippen molar-refractivity contribution < 1.29 is 12.8 Å². The third kappa shape index (κ3) is 3.07. The summed E-state index contributed by atoms with van der Waals surface area (Å²) in [7, 11) is -3.31. The van der Waals surface area contributed by atoms with Crippen molar-refractivity contribution >= 4 is 9.84 Å². The predicted octanol–water partition coefficient (Wildman–Crippen LogP) is 1.02. The average molecular weight is 274 g/mol. The Hall–Kier alpha value is -0.980. The lowest BCUT2D eigenvalue weighted by atomic mass is 9.96. The zero-order valence-corrected chi connectivity index (χ0v) is 11.6. The van der Waals surface area contributed by atoms with Gasteiger partial charge in [0.15, 0.2) is 9.84 Å². The molecule has 1 unspecified atom stereocenters. The molecular formula is C12H19FN2O2S. The zero-order chi connectivity index (χ0) is 14.0. The van der Waals surface area contributed by atoms with Crippen LogP contribution in [0.1, 0.15) is 19.4 Å². The van der Waals surface area contributed by atoms with E-state index in [0.717, 1.165) is 6.26 Å². The minimum Gasteiger partial charge on any atom is -0.271 e. The van der Waals surface area contributed by atoms with Crippen molar-refractivity contribution in [2.75, 3.05) is 6.26 Å². The van der Waals surface area contributed by atoms with Crippen LogP contribution in [0, 0.1) is 5.82 Å². The maximum absolute atomic E-state index is 13.6. The minimum absolute atomic E-state index is 0.212. The van der Waals surface area contributed by atoms with E-state index < -0.39 is 20.6 Å². The summed E-state index contributed by atoms with van der Waals surface area (Å²) in [6.07, 6.45) is 1.36. The first-order valence-corrected chi connectivity index (χ1v) is 7.48. The topological polar surface area (TPSA) is 72.2 Å². The number of halogens is 1. The number of nitrogens with one attached hydrogen (secondary N) is 1. The number of sulfone groups is 1. The molecule has 1 aromatic carbocycles. The highest BCUT2D eigenvalue weighted by atomic mass is 32.2. The summed E-state index contributed by atoms with van der Waals surface area (Å²) in [5, 5.41) is 0. The fraction of sp³-hybridized carbons (Fsp3) is 0.500. The Morgan fingerprint density at radius 2 is 1.94 bits per heavy atom. The van der Waals surface area contributed by atoms with Gasteiger partial charge in [0.25, 0.3) is 0 Å². The molecule has 1 atom stereocenters. The smallest absolute Gasteiger partial charge is 0.154 e. The maximum atomic E-state index is 13.6. The molecule has 18 heavy (non-hydrogen) atoms. The van der Waals surface area contributed by atoms with Crippen molar-refractivity contribution in [1.82, 2.24) is 5.43 Å². The van der Waals surface area contributed by atoms with Crippen molar-refractivity contribution in [3.05, 3.63) is 35.6 Å². The predicted molar refractivity (Wildman–Crippen MR) is 70.1 cm³/mol. The quantitative estimate of drug-likeness (QED) is 0.621. The average Bonchev–Trinajstić information content (AvgIpc) is 2.26. The summed E-state index contributed by atoms with van der Waals surface area (Å²) in [5.74, 6) is 5.06. The summed E-state index contributed by atoms with van der Waals surface area (Å²) in [5.41, 5.74) is 2.92. The Kier molecular flexibility index (Phi) is 4.47. The van der Waals surface area contributed by atoms with Crippen LogP contribution in [0.3, 0.4) is 0 Å². The summed E-state index contributed by atoms with van der Waals surface area (Å²) in [6, 6.07) is 5.70. The van der Waals surface area contributed by atoms with Gasteiger partial charge in [-0.1, -0.05) is 18.2 Å². The van der Waals surface area contributed by atoms with E-state index in [9.17, 15) is 12.8 Å². The summed E-state index contributed by atoms with van der Waals surface area (Å²) in [4.78, 5) is 0. The van der Waals surface area contributed by atoms with Crippen LogP contribution in [0.2, 0.25) is 0 Å². The highest BCUT2D eigenvalue weighted by Crippen LogP contribution is 2.23. The van der Waals surface area contributed by atoms with Gasteiger partial charge in [0.2, 0.25) is 0 Å². The molecule has 1 rings (SSSR count). The van der Waals surface area contributed by atoms with Crippen molar-refractivity contribution in [2.24, 2.45) is 5.84 Å². The maximum Gasteiger partial charge on any atom is 0.154 e. The number of nitrogens with two attached hydrogens (primary N) is 1. The number of hydrazine groups is 1. The molecule has 6 heteroatoms. The molecule has 0 aromatic heterocycles. The van der Waals surface area contributed by atoms with Crippen LogP contribution in [0.5, 0.6) is 0 Å². The van der Waals surface area contributed by atoms with Gasteiger partial charge in [-0.05, 0) is 31.9 Å². The van der Waals surface area contributed by atoms with E-state index in [2.05, 4.69) is 5.43 Å². The Balaban J connectivity index is 3.04. The van der Waals surface area contributed by atoms with Gasteiger partial charge in [0, 0.05) is 12.3 Å². The molecule has 0 fully saturated rings. The number of benzene rings is 1. The second-order valence-electron chi connectivity index (χ2n) is 4.89. The first kappa shape index (κ1) is 15.1. The van der Waals surface area contributed by atoms with E-state index in [-0.39, 0.29) is 12.2 Å². The first-order chi connectivity index (χ1) is 8.20. The molecule has 0 spiro atoms. The third-order valence-electron chi connectivity index (χ3n) is 3.38. The van der Waals surface area contributed by atoms with Crippen LogP contribution in [0.4, 0.5) is 4.39 Å². The van der Waals surface area contributed by atoms with Gasteiger partial charge in [-0.3, -0.25) is 11.3 Å². The molecule has 4 nitrogen and oxygen atoms in total. The van der Waals surface area contributed by atoms with E-state index >= 15 is 0 Å². The minimum atomic E-state index is -3.31. The highest BCUT2D eigenvalue weighted by molar-refractivity contribution is 7.92. The Morgan fingerprint density at radius 3 is 2.39 bits per heavy atom. The zero-order valence-electron chi connectivity index (χ0n) is 10.8. The van der Waals surface area contributed by atoms with Crippen molar-refractivity contribution in [3.8, 4) is 0 Å². The SMILES string of the molecule is CC(C)(C(Cc1ccccc1F)NN)S(C)(=O)=O. The summed E-state index contributed by atoms with van der Waals surface area (Å²) >= 11 is 0. The highest BCUT2D eigenvalue weighted by Gasteiger charge is 2.38. The van der Waals surface area contributed by atoms with E-state index in [1.54, 1.807) is 32.0 Å². The van der Waals surface area contributed by atoms with E-state index in [1.165, 1.54) is 6.07 Å². The largest absolute Gasteiger partial charge is 0.271 e. The van der Waals surface area contributed by atoms with Gasteiger partial charge in [0.05, 0.1) is 4.75 Å². The fourth-order valence-corrected chi connectivity index (χ4v) is 2.32. The molecule has 0 saturated carbocycles. The second kappa shape index (κ2) is 5.34.